The zero-order chi connectivity index (χ0) is 14.3. The fourth-order valence-corrected chi connectivity index (χ4v) is 1.57. The number of carboxylic acids is 1. The Balaban J connectivity index is 2.61. The maximum Gasteiger partial charge on any atom is 0.306 e. The van der Waals surface area contributed by atoms with Crippen LogP contribution in [0.4, 0.5) is 0 Å². The minimum Gasteiger partial charge on any atom is -0.496 e. The highest BCUT2D eigenvalue weighted by molar-refractivity contribution is 5.96. The van der Waals surface area contributed by atoms with Gasteiger partial charge in [0.25, 0.3) is 5.91 Å². The van der Waals surface area contributed by atoms with Crippen LogP contribution in [0.3, 0.4) is 0 Å². The first-order chi connectivity index (χ1) is 9.08. The molecule has 0 aliphatic rings. The van der Waals surface area contributed by atoms with Crippen molar-refractivity contribution in [1.29, 1.82) is 0 Å². The maximum atomic E-state index is 11.9. The number of hydrogen-bond acceptors (Lipinski definition) is 4. The van der Waals surface area contributed by atoms with Gasteiger partial charge >= 0.3 is 5.97 Å². The lowest BCUT2D eigenvalue weighted by Gasteiger charge is -2.14. The number of hydrogen-bond donors (Lipinski definition) is 2. The van der Waals surface area contributed by atoms with Crippen LogP contribution >= 0.6 is 0 Å². The maximum absolute atomic E-state index is 11.9. The van der Waals surface area contributed by atoms with Gasteiger partial charge in [-0.3, -0.25) is 9.59 Å². The molecule has 0 bridgehead atoms. The molecule has 19 heavy (non-hydrogen) atoms. The summed E-state index contributed by atoms with van der Waals surface area (Å²) in [6.45, 7) is 0.125. The van der Waals surface area contributed by atoms with Gasteiger partial charge in [-0.05, 0) is 12.1 Å². The number of amides is 1. The highest BCUT2D eigenvalue weighted by Crippen LogP contribution is 2.16. The van der Waals surface area contributed by atoms with Gasteiger partial charge in [-0.1, -0.05) is 12.1 Å². The first-order valence-corrected chi connectivity index (χ1v) is 5.74. The number of rotatable bonds is 7. The summed E-state index contributed by atoms with van der Waals surface area (Å²) in [4.78, 5) is 22.5. The standard InChI is InChI=1S/C13H17NO5/c1-18-9(7-12(15)16)8-14-13(17)10-5-3-4-6-11(10)19-2/h3-6,9H,7-8H2,1-2H3,(H,14,17)(H,15,16). The average molecular weight is 267 g/mol. The van der Waals surface area contributed by atoms with Gasteiger partial charge in [0.15, 0.2) is 0 Å². The highest BCUT2D eigenvalue weighted by atomic mass is 16.5. The van der Waals surface area contributed by atoms with E-state index in [0.717, 1.165) is 0 Å². The molecule has 0 fully saturated rings. The molecule has 0 aliphatic carbocycles. The molecule has 1 unspecified atom stereocenters. The van der Waals surface area contributed by atoms with Crippen molar-refractivity contribution in [3.05, 3.63) is 29.8 Å². The largest absolute Gasteiger partial charge is 0.496 e. The molecule has 0 heterocycles. The minimum atomic E-state index is -0.974. The fraction of sp³-hybridized carbons (Fsp3) is 0.385. The Labute approximate surface area is 111 Å². The highest BCUT2D eigenvalue weighted by Gasteiger charge is 2.16. The summed E-state index contributed by atoms with van der Waals surface area (Å²) in [5, 5.41) is 11.3. The van der Waals surface area contributed by atoms with Crippen LogP contribution in [0.1, 0.15) is 16.8 Å². The summed E-state index contributed by atoms with van der Waals surface area (Å²) in [5.74, 6) is -0.838. The Kier molecular flexibility index (Phi) is 5.81. The molecule has 1 aromatic rings. The fourth-order valence-electron chi connectivity index (χ4n) is 1.57. The topological polar surface area (TPSA) is 84.9 Å². The lowest BCUT2D eigenvalue weighted by atomic mass is 10.2. The van der Waals surface area contributed by atoms with E-state index in [1.165, 1.54) is 14.2 Å². The van der Waals surface area contributed by atoms with Crippen LogP contribution in [0.25, 0.3) is 0 Å². The predicted molar refractivity (Wildman–Crippen MR) is 68.4 cm³/mol. The molecule has 6 nitrogen and oxygen atoms in total. The van der Waals surface area contributed by atoms with Gasteiger partial charge in [0.05, 0.1) is 25.2 Å². The predicted octanol–water partition coefficient (Wildman–Crippen LogP) is 0.915. The summed E-state index contributed by atoms with van der Waals surface area (Å²) in [7, 11) is 2.89. The summed E-state index contributed by atoms with van der Waals surface area (Å²) >= 11 is 0. The minimum absolute atomic E-state index is 0.125. The van der Waals surface area contributed by atoms with E-state index in [2.05, 4.69) is 5.32 Å². The van der Waals surface area contributed by atoms with E-state index in [9.17, 15) is 9.59 Å². The van der Waals surface area contributed by atoms with Gasteiger partial charge in [-0.2, -0.15) is 0 Å². The molecular weight excluding hydrogens is 250 g/mol. The molecule has 0 saturated heterocycles. The smallest absolute Gasteiger partial charge is 0.306 e. The SMILES string of the molecule is COc1ccccc1C(=O)NCC(CC(=O)O)OC. The Morgan fingerprint density at radius 1 is 1.32 bits per heavy atom. The first kappa shape index (κ1) is 15.0. The van der Waals surface area contributed by atoms with Gasteiger partial charge in [0.2, 0.25) is 0 Å². The number of carboxylic acid groups (broad SMARTS) is 1. The monoisotopic (exact) mass is 267 g/mol. The summed E-state index contributed by atoms with van der Waals surface area (Å²) < 4.78 is 10.1. The molecule has 1 amide bonds. The van der Waals surface area contributed by atoms with Crippen LogP contribution in [-0.4, -0.2) is 43.9 Å². The summed E-state index contributed by atoms with van der Waals surface area (Å²) in [6.07, 6.45) is -0.723. The first-order valence-electron chi connectivity index (χ1n) is 5.74. The van der Waals surface area contributed by atoms with E-state index in [1.807, 2.05) is 0 Å². The molecule has 0 saturated carbocycles. The van der Waals surface area contributed by atoms with Crippen molar-refractivity contribution in [3.8, 4) is 5.75 Å². The molecule has 1 aromatic carbocycles. The Morgan fingerprint density at radius 2 is 2.00 bits per heavy atom. The van der Waals surface area contributed by atoms with E-state index < -0.39 is 12.1 Å². The van der Waals surface area contributed by atoms with E-state index in [0.29, 0.717) is 11.3 Å². The average Bonchev–Trinajstić information content (AvgIpc) is 2.42. The van der Waals surface area contributed by atoms with E-state index in [-0.39, 0.29) is 18.9 Å². The van der Waals surface area contributed by atoms with E-state index >= 15 is 0 Å². The normalized spacial score (nSPS) is 11.7. The zero-order valence-corrected chi connectivity index (χ0v) is 10.9. The quantitative estimate of drug-likeness (QED) is 0.767. The third-order valence-electron chi connectivity index (χ3n) is 2.58. The van der Waals surface area contributed by atoms with Gasteiger partial charge in [0, 0.05) is 13.7 Å². The zero-order valence-electron chi connectivity index (χ0n) is 10.9. The van der Waals surface area contributed by atoms with Crippen molar-refractivity contribution < 1.29 is 24.2 Å². The van der Waals surface area contributed by atoms with Crippen LogP contribution < -0.4 is 10.1 Å². The second-order valence-electron chi connectivity index (χ2n) is 3.87. The Morgan fingerprint density at radius 3 is 2.58 bits per heavy atom. The molecule has 1 atom stereocenters. The lowest BCUT2D eigenvalue weighted by Crippen LogP contribution is -2.34. The number of carbonyl (C=O) groups is 2. The molecule has 2 N–H and O–H groups in total. The van der Waals surface area contributed by atoms with Gasteiger partial charge < -0.3 is 19.9 Å². The van der Waals surface area contributed by atoms with Crippen LogP contribution in [0.15, 0.2) is 24.3 Å². The number of methoxy groups -OCH3 is 2. The summed E-state index contributed by atoms with van der Waals surface area (Å²) in [5.41, 5.74) is 0.398. The number of aliphatic carboxylic acids is 1. The number of para-hydroxylation sites is 1. The Bertz CT molecular complexity index is 446. The van der Waals surface area contributed by atoms with Gasteiger partial charge in [0.1, 0.15) is 5.75 Å². The lowest BCUT2D eigenvalue weighted by molar-refractivity contribution is -0.139. The van der Waals surface area contributed by atoms with Gasteiger partial charge in [-0.15, -0.1) is 0 Å². The van der Waals surface area contributed by atoms with Crippen LogP contribution in [0.5, 0.6) is 5.75 Å². The second-order valence-corrected chi connectivity index (χ2v) is 3.87. The molecule has 1 rings (SSSR count). The van der Waals surface area contributed by atoms with Crippen LogP contribution in [-0.2, 0) is 9.53 Å². The van der Waals surface area contributed by atoms with Crippen LogP contribution in [0.2, 0.25) is 0 Å². The molecule has 104 valence electrons. The molecule has 0 aliphatic heterocycles. The Hall–Kier alpha value is -2.08. The number of nitrogens with one attached hydrogen (secondary N) is 1. The molecular formula is C13H17NO5. The third-order valence-corrected chi connectivity index (χ3v) is 2.58. The summed E-state index contributed by atoms with van der Waals surface area (Å²) in [6, 6.07) is 6.80. The molecule has 0 spiro atoms. The molecule has 6 heteroatoms. The van der Waals surface area contributed by atoms with E-state index in [4.69, 9.17) is 14.6 Å². The number of ether oxygens (including phenoxy) is 2. The third kappa shape index (κ3) is 4.59. The van der Waals surface area contributed by atoms with Crippen molar-refractivity contribution >= 4 is 11.9 Å². The van der Waals surface area contributed by atoms with Crippen molar-refractivity contribution in [2.45, 2.75) is 12.5 Å². The van der Waals surface area contributed by atoms with Crippen molar-refractivity contribution in [2.24, 2.45) is 0 Å². The molecule has 0 aromatic heterocycles. The van der Waals surface area contributed by atoms with Crippen molar-refractivity contribution in [1.82, 2.24) is 5.32 Å². The van der Waals surface area contributed by atoms with Crippen molar-refractivity contribution in [2.75, 3.05) is 20.8 Å². The number of benzene rings is 1. The van der Waals surface area contributed by atoms with Crippen LogP contribution in [0, 0.1) is 0 Å². The molecule has 0 radical (unpaired) electrons. The van der Waals surface area contributed by atoms with Crippen molar-refractivity contribution in [3.63, 3.8) is 0 Å². The second kappa shape index (κ2) is 7.38. The van der Waals surface area contributed by atoms with Gasteiger partial charge in [-0.25, -0.2) is 0 Å². The van der Waals surface area contributed by atoms with E-state index in [1.54, 1.807) is 24.3 Å². The number of carbonyl (C=O) groups excluding carboxylic acids is 1.